The molecule has 0 saturated heterocycles. The SMILES string of the molecule is CC(NC(=O)Cc1cnn(-c2ccccc2)c1)c1ccncc1. The van der Waals surface area contributed by atoms with Crippen LogP contribution in [-0.4, -0.2) is 20.7 Å². The number of amides is 1. The van der Waals surface area contributed by atoms with Crippen molar-refractivity contribution in [3.05, 3.63) is 78.4 Å². The predicted molar refractivity (Wildman–Crippen MR) is 88.1 cm³/mol. The number of nitrogens with one attached hydrogen (secondary N) is 1. The van der Waals surface area contributed by atoms with Gasteiger partial charge in [-0.05, 0) is 42.3 Å². The maximum absolute atomic E-state index is 12.2. The smallest absolute Gasteiger partial charge is 0.225 e. The van der Waals surface area contributed by atoms with Gasteiger partial charge in [-0.3, -0.25) is 9.78 Å². The molecular weight excluding hydrogens is 288 g/mol. The lowest BCUT2D eigenvalue weighted by atomic mass is 10.1. The quantitative estimate of drug-likeness (QED) is 0.788. The molecule has 0 aliphatic carbocycles. The Morgan fingerprint density at radius 3 is 2.65 bits per heavy atom. The Bertz CT molecular complexity index is 768. The molecule has 1 aromatic carbocycles. The van der Waals surface area contributed by atoms with Gasteiger partial charge in [0.2, 0.25) is 5.91 Å². The minimum atomic E-state index is -0.0466. The number of pyridine rings is 1. The van der Waals surface area contributed by atoms with E-state index in [1.54, 1.807) is 23.3 Å². The highest BCUT2D eigenvalue weighted by Gasteiger charge is 2.11. The molecule has 1 amide bonds. The van der Waals surface area contributed by atoms with E-state index in [0.29, 0.717) is 6.42 Å². The molecule has 2 heterocycles. The fourth-order valence-corrected chi connectivity index (χ4v) is 2.39. The molecule has 2 aromatic heterocycles. The van der Waals surface area contributed by atoms with Gasteiger partial charge in [0.05, 0.1) is 24.3 Å². The highest BCUT2D eigenvalue weighted by atomic mass is 16.1. The summed E-state index contributed by atoms with van der Waals surface area (Å²) in [6, 6.07) is 13.6. The number of hydrogen-bond acceptors (Lipinski definition) is 3. The number of carbonyl (C=O) groups is 1. The molecule has 0 radical (unpaired) electrons. The largest absolute Gasteiger partial charge is 0.349 e. The fraction of sp³-hybridized carbons (Fsp3) is 0.167. The van der Waals surface area contributed by atoms with Crippen LogP contribution in [0.1, 0.15) is 24.1 Å². The number of benzene rings is 1. The summed E-state index contributed by atoms with van der Waals surface area (Å²) in [7, 11) is 0. The highest BCUT2D eigenvalue weighted by Crippen LogP contribution is 2.11. The fourth-order valence-electron chi connectivity index (χ4n) is 2.39. The number of para-hydroxylation sites is 1. The average Bonchev–Trinajstić information content (AvgIpc) is 3.04. The number of hydrogen-bond donors (Lipinski definition) is 1. The lowest BCUT2D eigenvalue weighted by Crippen LogP contribution is -2.28. The first-order chi connectivity index (χ1) is 11.2. The van der Waals surface area contributed by atoms with Gasteiger partial charge in [0.15, 0.2) is 0 Å². The molecule has 1 atom stereocenters. The Morgan fingerprint density at radius 2 is 1.91 bits per heavy atom. The molecule has 5 heteroatoms. The van der Waals surface area contributed by atoms with Gasteiger partial charge in [-0.2, -0.15) is 5.10 Å². The number of rotatable bonds is 5. The Morgan fingerprint density at radius 1 is 1.17 bits per heavy atom. The number of nitrogens with zero attached hydrogens (tertiary/aromatic N) is 3. The van der Waals surface area contributed by atoms with Crippen molar-refractivity contribution in [2.45, 2.75) is 19.4 Å². The van der Waals surface area contributed by atoms with Crippen molar-refractivity contribution in [3.8, 4) is 5.69 Å². The molecule has 23 heavy (non-hydrogen) atoms. The molecule has 0 aliphatic heterocycles. The van der Waals surface area contributed by atoms with Crippen molar-refractivity contribution in [1.82, 2.24) is 20.1 Å². The first-order valence-electron chi connectivity index (χ1n) is 7.50. The van der Waals surface area contributed by atoms with E-state index in [0.717, 1.165) is 16.8 Å². The Kier molecular flexibility index (Phi) is 4.47. The summed E-state index contributed by atoms with van der Waals surface area (Å²) >= 11 is 0. The van der Waals surface area contributed by atoms with Gasteiger partial charge in [0, 0.05) is 18.6 Å². The average molecular weight is 306 g/mol. The third-order valence-electron chi connectivity index (χ3n) is 3.61. The van der Waals surface area contributed by atoms with Crippen LogP contribution in [0.25, 0.3) is 5.69 Å². The molecule has 5 nitrogen and oxygen atoms in total. The zero-order chi connectivity index (χ0) is 16.1. The van der Waals surface area contributed by atoms with E-state index >= 15 is 0 Å². The summed E-state index contributed by atoms with van der Waals surface area (Å²) in [6.45, 7) is 1.96. The maximum Gasteiger partial charge on any atom is 0.225 e. The predicted octanol–water partition coefficient (Wildman–Crippen LogP) is 2.69. The summed E-state index contributed by atoms with van der Waals surface area (Å²) < 4.78 is 1.77. The van der Waals surface area contributed by atoms with Gasteiger partial charge in [-0.25, -0.2) is 4.68 Å². The van der Waals surface area contributed by atoms with Gasteiger partial charge < -0.3 is 5.32 Å². The van der Waals surface area contributed by atoms with E-state index in [2.05, 4.69) is 15.4 Å². The molecular formula is C18H18N4O. The Labute approximate surface area is 135 Å². The van der Waals surface area contributed by atoms with Crippen LogP contribution >= 0.6 is 0 Å². The lowest BCUT2D eigenvalue weighted by Gasteiger charge is -2.13. The van der Waals surface area contributed by atoms with Gasteiger partial charge >= 0.3 is 0 Å². The standard InChI is InChI=1S/C18H18N4O/c1-14(16-7-9-19-10-8-16)21-18(23)11-15-12-20-22(13-15)17-5-3-2-4-6-17/h2-10,12-14H,11H2,1H3,(H,21,23). The van der Waals surface area contributed by atoms with E-state index in [1.165, 1.54) is 0 Å². The van der Waals surface area contributed by atoms with Crippen LogP contribution in [0.4, 0.5) is 0 Å². The molecule has 0 spiro atoms. The summed E-state index contributed by atoms with van der Waals surface area (Å²) in [5.41, 5.74) is 2.89. The molecule has 3 aromatic rings. The Hall–Kier alpha value is -2.95. The van der Waals surface area contributed by atoms with Crippen LogP contribution in [0, 0.1) is 0 Å². The normalized spacial score (nSPS) is 11.9. The highest BCUT2D eigenvalue weighted by molar-refractivity contribution is 5.78. The lowest BCUT2D eigenvalue weighted by molar-refractivity contribution is -0.121. The summed E-state index contributed by atoms with van der Waals surface area (Å²) in [4.78, 5) is 16.2. The topological polar surface area (TPSA) is 59.8 Å². The van der Waals surface area contributed by atoms with Crippen molar-refractivity contribution in [1.29, 1.82) is 0 Å². The molecule has 1 unspecified atom stereocenters. The van der Waals surface area contributed by atoms with Crippen molar-refractivity contribution in [2.24, 2.45) is 0 Å². The van der Waals surface area contributed by atoms with Crippen molar-refractivity contribution in [2.75, 3.05) is 0 Å². The molecule has 1 N–H and O–H groups in total. The minimum absolute atomic E-state index is 0.0260. The third kappa shape index (κ3) is 3.83. The van der Waals surface area contributed by atoms with E-state index in [-0.39, 0.29) is 11.9 Å². The van der Waals surface area contributed by atoms with E-state index in [9.17, 15) is 4.79 Å². The van der Waals surface area contributed by atoms with Crippen LogP contribution < -0.4 is 5.32 Å². The first-order valence-corrected chi connectivity index (χ1v) is 7.50. The van der Waals surface area contributed by atoms with Crippen LogP contribution in [0.15, 0.2) is 67.3 Å². The maximum atomic E-state index is 12.2. The van der Waals surface area contributed by atoms with E-state index in [1.807, 2.05) is 55.6 Å². The van der Waals surface area contributed by atoms with Crippen LogP contribution in [0.5, 0.6) is 0 Å². The molecule has 0 bridgehead atoms. The zero-order valence-corrected chi connectivity index (χ0v) is 12.9. The third-order valence-corrected chi connectivity index (χ3v) is 3.61. The van der Waals surface area contributed by atoms with Crippen LogP contribution in [0.3, 0.4) is 0 Å². The zero-order valence-electron chi connectivity index (χ0n) is 12.9. The first kappa shape index (κ1) is 15.0. The van der Waals surface area contributed by atoms with Gasteiger partial charge in [-0.15, -0.1) is 0 Å². The van der Waals surface area contributed by atoms with Crippen molar-refractivity contribution >= 4 is 5.91 Å². The van der Waals surface area contributed by atoms with Gasteiger partial charge in [0.1, 0.15) is 0 Å². The summed E-state index contributed by atoms with van der Waals surface area (Å²) in [5, 5.41) is 7.30. The molecule has 3 rings (SSSR count). The molecule has 0 aliphatic rings. The second-order valence-electron chi connectivity index (χ2n) is 5.38. The van der Waals surface area contributed by atoms with Crippen molar-refractivity contribution < 1.29 is 4.79 Å². The van der Waals surface area contributed by atoms with Crippen LogP contribution in [0.2, 0.25) is 0 Å². The summed E-state index contributed by atoms with van der Waals surface area (Å²) in [5.74, 6) is -0.0260. The monoisotopic (exact) mass is 306 g/mol. The Balaban J connectivity index is 1.61. The number of carbonyl (C=O) groups excluding carboxylic acids is 1. The van der Waals surface area contributed by atoms with E-state index < -0.39 is 0 Å². The number of aromatic nitrogens is 3. The van der Waals surface area contributed by atoms with Crippen molar-refractivity contribution in [3.63, 3.8) is 0 Å². The van der Waals surface area contributed by atoms with Gasteiger partial charge in [0.25, 0.3) is 0 Å². The minimum Gasteiger partial charge on any atom is -0.349 e. The van der Waals surface area contributed by atoms with Crippen LogP contribution in [-0.2, 0) is 11.2 Å². The second kappa shape index (κ2) is 6.87. The van der Waals surface area contributed by atoms with E-state index in [4.69, 9.17) is 0 Å². The molecule has 0 fully saturated rings. The molecule has 116 valence electrons. The van der Waals surface area contributed by atoms with Gasteiger partial charge in [-0.1, -0.05) is 18.2 Å². The molecule has 0 saturated carbocycles. The second-order valence-corrected chi connectivity index (χ2v) is 5.38. The summed E-state index contributed by atoms with van der Waals surface area (Å²) in [6.07, 6.45) is 7.36.